The smallest absolute Gasteiger partial charge is 0.282 e. The summed E-state index contributed by atoms with van der Waals surface area (Å²) in [7, 11) is -0.586. The molecule has 0 aliphatic heterocycles. The Labute approximate surface area is 137 Å². The van der Waals surface area contributed by atoms with E-state index in [4.69, 9.17) is 27.9 Å². The molecule has 0 saturated carbocycles. The van der Waals surface area contributed by atoms with Gasteiger partial charge in [-0.2, -0.15) is 0 Å². The molecule has 1 atom stereocenters. The van der Waals surface area contributed by atoms with Crippen molar-refractivity contribution in [2.24, 2.45) is 0 Å². The SMILES string of the molecule is COc1nc(C(F)F)cnc1NS(=O)c1cccc(Cl)c1Cl. The van der Waals surface area contributed by atoms with Crippen molar-refractivity contribution in [2.45, 2.75) is 11.3 Å². The lowest BCUT2D eigenvalue weighted by Gasteiger charge is -2.11. The third kappa shape index (κ3) is 3.63. The predicted octanol–water partition coefficient (Wildman–Crippen LogP) is 3.86. The molecular formula is C12H9Cl2F2N3O2S. The molecule has 1 N–H and O–H groups in total. The average molecular weight is 368 g/mol. The van der Waals surface area contributed by atoms with Crippen LogP contribution in [0.4, 0.5) is 14.6 Å². The maximum absolute atomic E-state index is 12.6. The van der Waals surface area contributed by atoms with Gasteiger partial charge in [0.25, 0.3) is 12.3 Å². The molecule has 118 valence electrons. The van der Waals surface area contributed by atoms with Crippen LogP contribution in [0.2, 0.25) is 10.0 Å². The number of hydrogen-bond acceptors (Lipinski definition) is 4. The molecule has 2 aromatic rings. The predicted molar refractivity (Wildman–Crippen MR) is 80.0 cm³/mol. The van der Waals surface area contributed by atoms with Gasteiger partial charge in [0.2, 0.25) is 5.82 Å². The first-order chi connectivity index (χ1) is 10.4. The van der Waals surface area contributed by atoms with Gasteiger partial charge in [-0.3, -0.25) is 4.72 Å². The Hall–Kier alpha value is -1.51. The first kappa shape index (κ1) is 16.9. The van der Waals surface area contributed by atoms with Crippen molar-refractivity contribution in [3.63, 3.8) is 0 Å². The number of anilines is 1. The molecular weight excluding hydrogens is 359 g/mol. The van der Waals surface area contributed by atoms with Gasteiger partial charge in [-0.1, -0.05) is 29.3 Å². The van der Waals surface area contributed by atoms with Crippen molar-refractivity contribution in [1.82, 2.24) is 9.97 Å². The summed E-state index contributed by atoms with van der Waals surface area (Å²) in [5.74, 6) is -0.259. The molecule has 0 fully saturated rings. The van der Waals surface area contributed by atoms with Crippen LogP contribution >= 0.6 is 23.2 Å². The molecule has 0 spiro atoms. The average Bonchev–Trinajstić information content (AvgIpc) is 2.50. The number of ether oxygens (including phenoxy) is 1. The Balaban J connectivity index is 2.30. The van der Waals surface area contributed by atoms with E-state index in [0.29, 0.717) is 0 Å². The molecule has 2 rings (SSSR count). The van der Waals surface area contributed by atoms with Crippen LogP contribution in [0.5, 0.6) is 5.88 Å². The monoisotopic (exact) mass is 367 g/mol. The highest BCUT2D eigenvalue weighted by Gasteiger charge is 2.18. The first-order valence-corrected chi connectivity index (χ1v) is 7.66. The largest absolute Gasteiger partial charge is 0.478 e. The number of methoxy groups -OCH3 is 1. The van der Waals surface area contributed by atoms with E-state index in [-0.39, 0.29) is 26.6 Å². The zero-order valence-electron chi connectivity index (χ0n) is 11.0. The zero-order valence-corrected chi connectivity index (χ0v) is 13.3. The van der Waals surface area contributed by atoms with Crippen molar-refractivity contribution < 1.29 is 17.7 Å². The van der Waals surface area contributed by atoms with Gasteiger partial charge >= 0.3 is 0 Å². The summed E-state index contributed by atoms with van der Waals surface area (Å²) in [5.41, 5.74) is -0.547. The van der Waals surface area contributed by atoms with Crippen LogP contribution in [0, 0.1) is 0 Å². The third-order valence-corrected chi connectivity index (χ3v) is 4.53. The van der Waals surface area contributed by atoms with Crippen LogP contribution in [0.1, 0.15) is 12.1 Å². The van der Waals surface area contributed by atoms with Gasteiger partial charge in [0.15, 0.2) is 11.0 Å². The van der Waals surface area contributed by atoms with Gasteiger partial charge in [-0.25, -0.2) is 23.0 Å². The second-order valence-electron chi connectivity index (χ2n) is 3.88. The van der Waals surface area contributed by atoms with Crippen LogP contribution in [0.25, 0.3) is 0 Å². The van der Waals surface area contributed by atoms with Crippen LogP contribution in [0.15, 0.2) is 29.3 Å². The summed E-state index contributed by atoms with van der Waals surface area (Å²) in [6.07, 6.45) is -1.92. The fourth-order valence-corrected chi connectivity index (χ4v) is 2.94. The maximum atomic E-state index is 12.6. The van der Waals surface area contributed by atoms with Gasteiger partial charge in [-0.05, 0) is 12.1 Å². The number of nitrogens with zero attached hydrogens (tertiary/aromatic N) is 2. The molecule has 0 aliphatic rings. The highest BCUT2D eigenvalue weighted by atomic mass is 35.5. The molecule has 1 unspecified atom stereocenters. The van der Waals surface area contributed by atoms with Crippen molar-refractivity contribution in [3.05, 3.63) is 40.1 Å². The van der Waals surface area contributed by atoms with Gasteiger partial charge < -0.3 is 4.74 Å². The lowest BCUT2D eigenvalue weighted by atomic mass is 10.4. The van der Waals surface area contributed by atoms with Gasteiger partial charge in [-0.15, -0.1) is 0 Å². The standard InChI is InChI=1S/C12H9Cl2F2N3O2S/c1-21-12-11(17-5-7(18-12)10(15)16)19-22(20)8-4-2-3-6(13)9(8)14/h2-5,10H,1H3,(H,17,19). The minimum absolute atomic E-state index is 0.0544. The molecule has 1 aromatic heterocycles. The van der Waals surface area contributed by atoms with Crippen molar-refractivity contribution in [3.8, 4) is 5.88 Å². The van der Waals surface area contributed by atoms with E-state index in [1.54, 1.807) is 12.1 Å². The highest BCUT2D eigenvalue weighted by molar-refractivity contribution is 7.86. The molecule has 0 aliphatic carbocycles. The van der Waals surface area contributed by atoms with Crippen LogP contribution in [0.3, 0.4) is 0 Å². The second kappa shape index (κ2) is 7.17. The fourth-order valence-electron chi connectivity index (χ4n) is 1.47. The zero-order chi connectivity index (χ0) is 16.3. The Morgan fingerprint density at radius 3 is 2.73 bits per heavy atom. The van der Waals surface area contributed by atoms with Gasteiger partial charge in [0, 0.05) is 0 Å². The summed E-state index contributed by atoms with van der Waals surface area (Å²) in [5, 5.41) is 0.353. The van der Waals surface area contributed by atoms with E-state index < -0.39 is 23.1 Å². The van der Waals surface area contributed by atoms with Crippen LogP contribution in [-0.2, 0) is 11.0 Å². The maximum Gasteiger partial charge on any atom is 0.282 e. The Kier molecular flexibility index (Phi) is 5.49. The highest BCUT2D eigenvalue weighted by Crippen LogP contribution is 2.30. The Morgan fingerprint density at radius 1 is 1.36 bits per heavy atom. The topological polar surface area (TPSA) is 64.1 Å². The van der Waals surface area contributed by atoms with Gasteiger partial charge in [0.05, 0.1) is 28.2 Å². The lowest BCUT2D eigenvalue weighted by Crippen LogP contribution is -2.10. The van der Waals surface area contributed by atoms with Crippen molar-refractivity contribution >= 4 is 40.0 Å². The number of halogens is 4. The summed E-state index contributed by atoms with van der Waals surface area (Å²) in [4.78, 5) is 7.55. The van der Waals surface area contributed by atoms with E-state index in [9.17, 15) is 13.0 Å². The van der Waals surface area contributed by atoms with Crippen LogP contribution in [-0.4, -0.2) is 21.3 Å². The summed E-state index contributed by atoms with van der Waals surface area (Å²) >= 11 is 11.8. The van der Waals surface area contributed by atoms with Gasteiger partial charge in [0.1, 0.15) is 5.69 Å². The molecule has 1 heterocycles. The lowest BCUT2D eigenvalue weighted by molar-refractivity contribution is 0.144. The molecule has 1 aromatic carbocycles. The molecule has 0 radical (unpaired) electrons. The summed E-state index contributed by atoms with van der Waals surface area (Å²) in [6, 6.07) is 4.62. The van der Waals surface area contributed by atoms with E-state index in [2.05, 4.69) is 14.7 Å². The minimum Gasteiger partial charge on any atom is -0.478 e. The van der Waals surface area contributed by atoms with E-state index in [0.717, 1.165) is 6.20 Å². The van der Waals surface area contributed by atoms with Crippen molar-refractivity contribution in [2.75, 3.05) is 11.8 Å². The van der Waals surface area contributed by atoms with E-state index >= 15 is 0 Å². The van der Waals surface area contributed by atoms with Crippen molar-refractivity contribution in [1.29, 1.82) is 0 Å². The quantitative estimate of drug-likeness (QED) is 0.871. The first-order valence-electron chi connectivity index (χ1n) is 5.75. The minimum atomic E-state index is -2.79. The number of benzene rings is 1. The Bertz CT molecular complexity index is 719. The van der Waals surface area contributed by atoms with E-state index in [1.807, 2.05) is 0 Å². The number of hydrogen-bond donors (Lipinski definition) is 1. The Morgan fingerprint density at radius 2 is 2.09 bits per heavy atom. The normalized spacial score (nSPS) is 12.3. The van der Waals surface area contributed by atoms with Crippen LogP contribution < -0.4 is 9.46 Å². The molecule has 0 amide bonds. The molecule has 10 heteroatoms. The number of alkyl halides is 2. The summed E-state index contributed by atoms with van der Waals surface area (Å²) in [6.45, 7) is 0. The van der Waals surface area contributed by atoms with E-state index in [1.165, 1.54) is 13.2 Å². The number of aromatic nitrogens is 2. The molecule has 0 saturated heterocycles. The molecule has 5 nitrogen and oxygen atoms in total. The number of nitrogens with one attached hydrogen (secondary N) is 1. The third-order valence-electron chi connectivity index (χ3n) is 2.48. The molecule has 0 bridgehead atoms. The molecule has 22 heavy (non-hydrogen) atoms. The second-order valence-corrected chi connectivity index (χ2v) is 5.84. The fraction of sp³-hybridized carbons (Fsp3) is 0.167. The summed E-state index contributed by atoms with van der Waals surface area (Å²) < 4.78 is 44.8. The number of rotatable bonds is 5.